The van der Waals surface area contributed by atoms with Crippen LogP contribution in [0.25, 0.3) is 0 Å². The third-order valence-electron chi connectivity index (χ3n) is 2.70. The number of hydrogen-bond acceptors (Lipinski definition) is 5. The van der Waals surface area contributed by atoms with Gasteiger partial charge in [0.1, 0.15) is 17.3 Å². The highest BCUT2D eigenvalue weighted by Crippen LogP contribution is 2.10. The number of carbonyl (C=O) groups is 1. The number of carbonyl (C=O) groups excluding carboxylic acids is 1. The van der Waals surface area contributed by atoms with Crippen molar-refractivity contribution in [1.82, 2.24) is 14.9 Å². The lowest BCUT2D eigenvalue weighted by atomic mass is 10.1. The molecular formula is C11H15ClN4O2. The molecule has 1 aromatic rings. The molecule has 98 valence electrons. The molecule has 7 heteroatoms. The van der Waals surface area contributed by atoms with Crippen molar-refractivity contribution in [3.8, 4) is 0 Å². The van der Waals surface area contributed by atoms with Gasteiger partial charge in [0.15, 0.2) is 6.73 Å². The summed E-state index contributed by atoms with van der Waals surface area (Å²) in [6, 6.07) is 1.57. The van der Waals surface area contributed by atoms with Gasteiger partial charge in [-0.25, -0.2) is 14.8 Å². The van der Waals surface area contributed by atoms with Gasteiger partial charge in [0, 0.05) is 19.2 Å². The molecule has 0 spiro atoms. The number of piperidine rings is 1. The highest BCUT2D eigenvalue weighted by atomic mass is 35.5. The van der Waals surface area contributed by atoms with Crippen LogP contribution in [0.4, 0.5) is 10.6 Å². The summed E-state index contributed by atoms with van der Waals surface area (Å²) in [6.45, 7) is 1.62. The Labute approximate surface area is 110 Å². The summed E-state index contributed by atoms with van der Waals surface area (Å²) in [5.74, 6) is 0.529. The van der Waals surface area contributed by atoms with E-state index in [0.29, 0.717) is 11.0 Å². The first-order valence-electron chi connectivity index (χ1n) is 5.89. The summed E-state index contributed by atoms with van der Waals surface area (Å²) >= 11 is 5.70. The van der Waals surface area contributed by atoms with Gasteiger partial charge in [-0.3, -0.25) is 0 Å². The predicted molar refractivity (Wildman–Crippen MR) is 67.4 cm³/mol. The van der Waals surface area contributed by atoms with Crippen LogP contribution < -0.4 is 5.32 Å². The number of halogens is 1. The second kappa shape index (κ2) is 6.39. The lowest BCUT2D eigenvalue weighted by Crippen LogP contribution is -2.36. The minimum Gasteiger partial charge on any atom is -0.428 e. The van der Waals surface area contributed by atoms with Crippen molar-refractivity contribution in [3.05, 3.63) is 17.5 Å². The number of likely N-dealkylation sites (tertiary alicyclic amines) is 1. The summed E-state index contributed by atoms with van der Waals surface area (Å²) in [4.78, 5) is 21.1. The SMILES string of the molecule is O=C(OCNc1cc(Cl)ncn1)N1CCCCC1. The molecule has 0 unspecified atom stereocenters. The van der Waals surface area contributed by atoms with E-state index in [0.717, 1.165) is 25.9 Å². The van der Waals surface area contributed by atoms with Crippen LogP contribution in [0.1, 0.15) is 19.3 Å². The summed E-state index contributed by atoms with van der Waals surface area (Å²) < 4.78 is 5.10. The maximum Gasteiger partial charge on any atom is 0.411 e. The summed E-state index contributed by atoms with van der Waals surface area (Å²) in [7, 11) is 0. The Kier molecular flexibility index (Phi) is 4.58. The van der Waals surface area contributed by atoms with Gasteiger partial charge < -0.3 is 15.0 Å². The van der Waals surface area contributed by atoms with Crippen molar-refractivity contribution in [2.75, 3.05) is 25.1 Å². The Morgan fingerprint density at radius 3 is 2.89 bits per heavy atom. The molecule has 1 N–H and O–H groups in total. The van der Waals surface area contributed by atoms with Crippen molar-refractivity contribution >= 4 is 23.5 Å². The highest BCUT2D eigenvalue weighted by molar-refractivity contribution is 6.29. The smallest absolute Gasteiger partial charge is 0.411 e. The number of hydrogen-bond donors (Lipinski definition) is 1. The molecule has 18 heavy (non-hydrogen) atoms. The van der Waals surface area contributed by atoms with Crippen LogP contribution in [0.3, 0.4) is 0 Å². The largest absolute Gasteiger partial charge is 0.428 e. The molecule has 2 heterocycles. The first-order chi connectivity index (χ1) is 8.75. The molecule has 1 aromatic heterocycles. The zero-order valence-corrected chi connectivity index (χ0v) is 10.7. The topological polar surface area (TPSA) is 67.3 Å². The lowest BCUT2D eigenvalue weighted by Gasteiger charge is -2.25. The molecule has 1 fully saturated rings. The summed E-state index contributed by atoms with van der Waals surface area (Å²) in [5, 5.41) is 3.19. The van der Waals surface area contributed by atoms with Crippen molar-refractivity contribution in [2.24, 2.45) is 0 Å². The lowest BCUT2D eigenvalue weighted by molar-refractivity contribution is 0.101. The zero-order chi connectivity index (χ0) is 12.8. The Hall–Kier alpha value is -1.56. The third-order valence-corrected chi connectivity index (χ3v) is 2.90. The predicted octanol–water partition coefficient (Wildman–Crippen LogP) is 2.12. The second-order valence-corrected chi connectivity index (χ2v) is 4.39. The quantitative estimate of drug-likeness (QED) is 0.673. The fourth-order valence-corrected chi connectivity index (χ4v) is 1.92. The fraction of sp³-hybridized carbons (Fsp3) is 0.545. The van der Waals surface area contributed by atoms with Crippen LogP contribution in [0, 0.1) is 0 Å². The third kappa shape index (κ3) is 3.73. The van der Waals surface area contributed by atoms with Crippen molar-refractivity contribution in [3.63, 3.8) is 0 Å². The van der Waals surface area contributed by atoms with Crippen LogP contribution in [0.2, 0.25) is 5.15 Å². The van der Waals surface area contributed by atoms with Crippen molar-refractivity contribution in [1.29, 1.82) is 0 Å². The minimum absolute atomic E-state index is 0.0721. The Bertz CT molecular complexity index is 410. The van der Waals surface area contributed by atoms with E-state index in [1.807, 2.05) is 0 Å². The van der Waals surface area contributed by atoms with Gasteiger partial charge in [-0.15, -0.1) is 0 Å². The molecule has 0 aromatic carbocycles. The van der Waals surface area contributed by atoms with Crippen LogP contribution >= 0.6 is 11.6 Å². The average Bonchev–Trinajstić information content (AvgIpc) is 2.40. The number of nitrogens with zero attached hydrogens (tertiary/aromatic N) is 3. The van der Waals surface area contributed by atoms with E-state index >= 15 is 0 Å². The molecule has 6 nitrogen and oxygen atoms in total. The number of amides is 1. The molecule has 2 rings (SSSR count). The molecule has 1 aliphatic heterocycles. The van der Waals surface area contributed by atoms with Gasteiger partial charge in [-0.1, -0.05) is 11.6 Å². The van der Waals surface area contributed by atoms with Crippen molar-refractivity contribution < 1.29 is 9.53 Å². The number of ether oxygens (including phenoxy) is 1. The number of rotatable bonds is 3. The van der Waals surface area contributed by atoms with Crippen LogP contribution in [0.15, 0.2) is 12.4 Å². The van der Waals surface area contributed by atoms with Gasteiger partial charge >= 0.3 is 6.09 Å². The zero-order valence-electron chi connectivity index (χ0n) is 9.93. The Morgan fingerprint density at radius 1 is 1.39 bits per heavy atom. The molecule has 0 aliphatic carbocycles. The Balaban J connectivity index is 1.73. The molecule has 0 atom stereocenters. The molecule has 1 amide bonds. The van der Waals surface area contributed by atoms with E-state index in [1.165, 1.54) is 12.7 Å². The van der Waals surface area contributed by atoms with Crippen LogP contribution in [-0.2, 0) is 4.74 Å². The highest BCUT2D eigenvalue weighted by Gasteiger charge is 2.17. The number of nitrogens with one attached hydrogen (secondary N) is 1. The maximum absolute atomic E-state index is 11.7. The van der Waals surface area contributed by atoms with Gasteiger partial charge in [0.25, 0.3) is 0 Å². The van der Waals surface area contributed by atoms with E-state index in [1.54, 1.807) is 11.0 Å². The fourth-order valence-electron chi connectivity index (χ4n) is 1.77. The van der Waals surface area contributed by atoms with Gasteiger partial charge in [0.05, 0.1) is 0 Å². The van der Waals surface area contributed by atoms with Gasteiger partial charge in [-0.2, -0.15) is 0 Å². The summed E-state index contributed by atoms with van der Waals surface area (Å²) in [5.41, 5.74) is 0. The minimum atomic E-state index is -0.289. The molecular weight excluding hydrogens is 256 g/mol. The molecule has 0 radical (unpaired) electrons. The maximum atomic E-state index is 11.7. The monoisotopic (exact) mass is 270 g/mol. The first-order valence-corrected chi connectivity index (χ1v) is 6.26. The molecule has 0 saturated carbocycles. The summed E-state index contributed by atoms with van der Waals surface area (Å²) in [6.07, 6.45) is 4.33. The Morgan fingerprint density at radius 2 is 2.17 bits per heavy atom. The van der Waals surface area contributed by atoms with E-state index in [2.05, 4.69) is 15.3 Å². The normalized spacial score (nSPS) is 15.3. The van der Waals surface area contributed by atoms with Gasteiger partial charge in [0.2, 0.25) is 0 Å². The van der Waals surface area contributed by atoms with Gasteiger partial charge in [-0.05, 0) is 19.3 Å². The standard InChI is InChI=1S/C11H15ClN4O2/c12-9-6-10(14-7-13-9)15-8-18-11(17)16-4-2-1-3-5-16/h6-7H,1-5,8H2,(H,13,14,15). The van der Waals surface area contributed by atoms with E-state index in [9.17, 15) is 4.79 Å². The van der Waals surface area contributed by atoms with Crippen molar-refractivity contribution in [2.45, 2.75) is 19.3 Å². The van der Waals surface area contributed by atoms with E-state index < -0.39 is 0 Å². The first kappa shape index (κ1) is 12.9. The second-order valence-electron chi connectivity index (χ2n) is 4.01. The molecule has 1 saturated heterocycles. The van der Waals surface area contributed by atoms with Crippen LogP contribution in [-0.4, -0.2) is 40.8 Å². The molecule has 0 bridgehead atoms. The number of aromatic nitrogens is 2. The van der Waals surface area contributed by atoms with E-state index in [-0.39, 0.29) is 12.8 Å². The van der Waals surface area contributed by atoms with Crippen LogP contribution in [0.5, 0.6) is 0 Å². The average molecular weight is 271 g/mol. The van der Waals surface area contributed by atoms with E-state index in [4.69, 9.17) is 16.3 Å². The molecule has 1 aliphatic rings. The number of anilines is 1.